The lowest BCUT2D eigenvalue weighted by molar-refractivity contribution is 0.0217. The molecule has 154 valence electrons. The number of fused-ring (bicyclic) bond motifs is 2. The van der Waals surface area contributed by atoms with Gasteiger partial charge in [0.05, 0.1) is 23.7 Å². The van der Waals surface area contributed by atoms with Gasteiger partial charge in [-0.3, -0.25) is 0 Å². The fourth-order valence-corrected chi connectivity index (χ4v) is 5.27. The number of aliphatic hydroxyl groups is 1. The largest absolute Gasteiger partial charge is 0.388 e. The van der Waals surface area contributed by atoms with E-state index < -0.39 is 6.10 Å². The van der Waals surface area contributed by atoms with Crippen LogP contribution in [-0.4, -0.2) is 14.9 Å². The number of benzene rings is 2. The molecule has 0 amide bonds. The number of hydrogen-bond donors (Lipinski definition) is 1. The van der Waals surface area contributed by atoms with Gasteiger partial charge in [0.15, 0.2) is 0 Å². The zero-order valence-electron chi connectivity index (χ0n) is 16.9. The smallest absolute Gasteiger partial charge is 0.123 e. The Kier molecular flexibility index (Phi) is 4.58. The van der Waals surface area contributed by atoms with Crippen LogP contribution in [0.3, 0.4) is 0 Å². The van der Waals surface area contributed by atoms with Crippen LogP contribution in [-0.2, 0) is 6.42 Å². The molecule has 0 radical (unpaired) electrons. The second-order valence-corrected chi connectivity index (χ2v) is 8.70. The van der Waals surface area contributed by atoms with Crippen LogP contribution < -0.4 is 0 Å². The Labute approximate surface area is 174 Å². The predicted molar refractivity (Wildman–Crippen MR) is 112 cm³/mol. The summed E-state index contributed by atoms with van der Waals surface area (Å²) in [5.41, 5.74) is 4.88. The van der Waals surface area contributed by atoms with Gasteiger partial charge in [-0.1, -0.05) is 24.6 Å². The molecule has 3 atom stereocenters. The van der Waals surface area contributed by atoms with Crippen LogP contribution in [0.2, 0.25) is 0 Å². The summed E-state index contributed by atoms with van der Waals surface area (Å²) < 4.78 is 28.5. The van der Waals surface area contributed by atoms with Crippen molar-refractivity contribution >= 4 is 6.08 Å². The van der Waals surface area contributed by atoms with E-state index in [-0.39, 0.29) is 23.0 Å². The maximum absolute atomic E-state index is 13.3. The molecule has 0 unspecified atom stereocenters. The molecule has 2 aliphatic rings. The minimum atomic E-state index is -0.645. The molecular weight excluding hydrogens is 382 g/mol. The van der Waals surface area contributed by atoms with E-state index in [1.54, 1.807) is 24.3 Å². The first-order valence-corrected chi connectivity index (χ1v) is 10.4. The fourth-order valence-electron chi connectivity index (χ4n) is 5.27. The zero-order valence-corrected chi connectivity index (χ0v) is 16.9. The summed E-state index contributed by atoms with van der Waals surface area (Å²) in [7, 11) is 0. The van der Waals surface area contributed by atoms with Crippen molar-refractivity contribution in [1.82, 2.24) is 9.78 Å². The van der Waals surface area contributed by atoms with Gasteiger partial charge in [0, 0.05) is 0 Å². The van der Waals surface area contributed by atoms with E-state index in [0.717, 1.165) is 48.2 Å². The average molecular weight is 406 g/mol. The SMILES string of the molecule is C[C@]12Cc3cnn(-c4ccc(F)cc4)c3C=C1CCC[C@@H]2[C@H](O)c1ccc(F)cc1. The molecule has 3 aromatic rings. The molecule has 1 saturated carbocycles. The Bertz CT molecular complexity index is 1100. The van der Waals surface area contributed by atoms with Gasteiger partial charge < -0.3 is 5.11 Å². The van der Waals surface area contributed by atoms with Crippen LogP contribution in [0.25, 0.3) is 11.8 Å². The monoisotopic (exact) mass is 406 g/mol. The van der Waals surface area contributed by atoms with E-state index in [1.165, 1.54) is 29.8 Å². The number of aromatic nitrogens is 2. The highest BCUT2D eigenvalue weighted by Gasteiger charge is 2.46. The van der Waals surface area contributed by atoms with Gasteiger partial charge in [0.2, 0.25) is 0 Å². The van der Waals surface area contributed by atoms with Gasteiger partial charge >= 0.3 is 0 Å². The van der Waals surface area contributed by atoms with E-state index in [0.29, 0.717) is 0 Å². The summed E-state index contributed by atoms with van der Waals surface area (Å²) in [6.07, 6.45) is 7.15. The van der Waals surface area contributed by atoms with Gasteiger partial charge in [0.25, 0.3) is 0 Å². The van der Waals surface area contributed by atoms with E-state index >= 15 is 0 Å². The third-order valence-electron chi connectivity index (χ3n) is 6.93. The van der Waals surface area contributed by atoms with Gasteiger partial charge in [-0.15, -0.1) is 0 Å². The number of aliphatic hydroxyl groups excluding tert-OH is 1. The highest BCUT2D eigenvalue weighted by atomic mass is 19.1. The van der Waals surface area contributed by atoms with Crippen LogP contribution in [0, 0.1) is 23.0 Å². The van der Waals surface area contributed by atoms with Gasteiger partial charge in [0.1, 0.15) is 11.6 Å². The minimum Gasteiger partial charge on any atom is -0.388 e. The summed E-state index contributed by atoms with van der Waals surface area (Å²) in [4.78, 5) is 0. The Morgan fingerprint density at radius 1 is 1.07 bits per heavy atom. The summed E-state index contributed by atoms with van der Waals surface area (Å²) in [6, 6.07) is 12.5. The molecule has 1 heterocycles. The first kappa shape index (κ1) is 19.2. The molecule has 0 bridgehead atoms. The number of rotatable bonds is 3. The molecular formula is C25H24F2N2O. The predicted octanol–water partition coefficient (Wildman–Crippen LogP) is 5.63. The number of hydrogen-bond acceptors (Lipinski definition) is 2. The average Bonchev–Trinajstić information content (AvgIpc) is 3.14. The normalized spacial score (nSPS) is 24.0. The summed E-state index contributed by atoms with van der Waals surface area (Å²) in [5.74, 6) is -0.516. The van der Waals surface area contributed by atoms with Crippen molar-refractivity contribution in [2.45, 2.75) is 38.7 Å². The van der Waals surface area contributed by atoms with Gasteiger partial charge in [-0.05, 0) is 90.6 Å². The molecule has 0 aliphatic heterocycles. The van der Waals surface area contributed by atoms with Crippen LogP contribution in [0.1, 0.15) is 49.1 Å². The lowest BCUT2D eigenvalue weighted by Gasteiger charge is -2.47. The Hall–Kier alpha value is -2.79. The topological polar surface area (TPSA) is 38.0 Å². The van der Waals surface area contributed by atoms with Crippen molar-refractivity contribution in [1.29, 1.82) is 0 Å². The van der Waals surface area contributed by atoms with Crippen molar-refractivity contribution in [3.63, 3.8) is 0 Å². The van der Waals surface area contributed by atoms with Crippen molar-refractivity contribution in [3.05, 3.63) is 88.8 Å². The number of allylic oxidation sites excluding steroid dienone is 1. The van der Waals surface area contributed by atoms with Crippen molar-refractivity contribution in [2.75, 3.05) is 0 Å². The Morgan fingerprint density at radius 3 is 2.43 bits per heavy atom. The van der Waals surface area contributed by atoms with E-state index in [2.05, 4.69) is 18.1 Å². The van der Waals surface area contributed by atoms with Gasteiger partial charge in [-0.25, -0.2) is 13.5 Å². The van der Waals surface area contributed by atoms with E-state index in [1.807, 2.05) is 10.9 Å². The minimum absolute atomic E-state index is 0.0466. The molecule has 2 aromatic carbocycles. The fraction of sp³-hybridized carbons (Fsp3) is 0.320. The quantitative estimate of drug-likeness (QED) is 0.612. The lowest BCUT2D eigenvalue weighted by Crippen LogP contribution is -2.40. The van der Waals surface area contributed by atoms with Crippen LogP contribution >= 0.6 is 0 Å². The summed E-state index contributed by atoms with van der Waals surface area (Å²) >= 11 is 0. The van der Waals surface area contributed by atoms with Crippen molar-refractivity contribution < 1.29 is 13.9 Å². The van der Waals surface area contributed by atoms with Crippen LogP contribution in [0.4, 0.5) is 8.78 Å². The van der Waals surface area contributed by atoms with Gasteiger partial charge in [-0.2, -0.15) is 5.10 Å². The molecule has 1 N–H and O–H groups in total. The lowest BCUT2D eigenvalue weighted by atomic mass is 9.57. The maximum Gasteiger partial charge on any atom is 0.123 e. The van der Waals surface area contributed by atoms with Crippen LogP contribution in [0.15, 0.2) is 60.3 Å². The molecule has 5 rings (SSSR count). The standard InChI is InChI=1S/C25H24F2N2O/c1-25-14-17-15-28-29(21-11-9-20(27)10-12-21)23(17)13-18(25)3-2-4-22(25)24(30)16-5-7-19(26)8-6-16/h5-13,15,22,24,30H,2-4,14H2,1H3/t22-,24-,25+/m1/s1. The molecule has 1 fully saturated rings. The molecule has 0 spiro atoms. The highest BCUT2D eigenvalue weighted by molar-refractivity contribution is 5.61. The summed E-state index contributed by atoms with van der Waals surface area (Å²) in [6.45, 7) is 2.23. The van der Waals surface area contributed by atoms with E-state index in [4.69, 9.17) is 0 Å². The first-order valence-electron chi connectivity index (χ1n) is 10.4. The second kappa shape index (κ2) is 7.17. The zero-order chi connectivity index (χ0) is 20.9. The Balaban J connectivity index is 1.51. The molecule has 5 heteroatoms. The van der Waals surface area contributed by atoms with Crippen molar-refractivity contribution in [3.8, 4) is 5.69 Å². The first-order chi connectivity index (χ1) is 14.5. The Morgan fingerprint density at radius 2 is 1.73 bits per heavy atom. The third-order valence-corrected chi connectivity index (χ3v) is 6.93. The molecule has 2 aliphatic carbocycles. The molecule has 30 heavy (non-hydrogen) atoms. The van der Waals surface area contributed by atoms with E-state index in [9.17, 15) is 13.9 Å². The number of halogens is 2. The molecule has 0 saturated heterocycles. The highest BCUT2D eigenvalue weighted by Crippen LogP contribution is 2.54. The molecule has 1 aromatic heterocycles. The maximum atomic E-state index is 13.3. The second-order valence-electron chi connectivity index (χ2n) is 8.70. The van der Waals surface area contributed by atoms with Crippen molar-refractivity contribution in [2.24, 2.45) is 11.3 Å². The third kappa shape index (κ3) is 3.08. The van der Waals surface area contributed by atoms with Crippen LogP contribution in [0.5, 0.6) is 0 Å². The molecule has 3 nitrogen and oxygen atoms in total. The summed E-state index contributed by atoms with van der Waals surface area (Å²) in [5, 5.41) is 15.8. The number of nitrogens with zero attached hydrogens (tertiary/aromatic N) is 2.